The number of benzene rings is 1. The van der Waals surface area contributed by atoms with Crippen molar-refractivity contribution in [2.45, 2.75) is 32.4 Å². The number of likely N-dealkylation sites (tertiary alicyclic amines) is 1. The molecule has 0 spiro atoms. The van der Waals surface area contributed by atoms with Gasteiger partial charge in [0.2, 0.25) is 0 Å². The van der Waals surface area contributed by atoms with Gasteiger partial charge in [-0.25, -0.2) is 0 Å². The van der Waals surface area contributed by atoms with Crippen molar-refractivity contribution in [2.24, 2.45) is 5.73 Å². The highest BCUT2D eigenvalue weighted by molar-refractivity contribution is 5.94. The second kappa shape index (κ2) is 6.17. The first-order valence-electron chi connectivity index (χ1n) is 6.77. The molecule has 2 rings (SSSR count). The molecule has 1 aliphatic rings. The Morgan fingerprint density at radius 1 is 1.53 bits per heavy atom. The summed E-state index contributed by atoms with van der Waals surface area (Å²) in [6.07, 6.45) is 2.35. The van der Waals surface area contributed by atoms with Crippen molar-refractivity contribution in [1.29, 1.82) is 0 Å². The van der Waals surface area contributed by atoms with Crippen molar-refractivity contribution in [2.75, 3.05) is 20.2 Å². The maximum atomic E-state index is 11.5. The maximum Gasteiger partial charge on any atom is 0.159 e. The van der Waals surface area contributed by atoms with Crippen LogP contribution in [-0.4, -0.2) is 36.9 Å². The van der Waals surface area contributed by atoms with E-state index in [1.54, 1.807) is 14.0 Å². The molecule has 0 aromatic heterocycles. The second-order valence-corrected chi connectivity index (χ2v) is 5.09. The number of hydrogen-bond acceptors (Lipinski definition) is 4. The molecule has 0 saturated carbocycles. The smallest absolute Gasteiger partial charge is 0.159 e. The van der Waals surface area contributed by atoms with E-state index in [1.165, 1.54) is 6.42 Å². The standard InChI is InChI=1S/C15H22N2O2/c1-11(18)12-5-6-15(19-2)13(8-12)10-17-7-3-4-14(17)9-16/h5-6,8,14H,3-4,7,9-10,16H2,1-2H3. The first-order chi connectivity index (χ1) is 9.15. The van der Waals surface area contributed by atoms with Crippen LogP contribution in [0.15, 0.2) is 18.2 Å². The van der Waals surface area contributed by atoms with E-state index in [0.29, 0.717) is 12.6 Å². The topological polar surface area (TPSA) is 55.6 Å². The third-order valence-corrected chi connectivity index (χ3v) is 3.83. The van der Waals surface area contributed by atoms with E-state index >= 15 is 0 Å². The molecular weight excluding hydrogens is 240 g/mol. The van der Waals surface area contributed by atoms with Crippen molar-refractivity contribution in [3.63, 3.8) is 0 Å². The van der Waals surface area contributed by atoms with Crippen molar-refractivity contribution >= 4 is 5.78 Å². The van der Waals surface area contributed by atoms with Gasteiger partial charge in [0.05, 0.1) is 7.11 Å². The second-order valence-electron chi connectivity index (χ2n) is 5.09. The molecule has 0 aliphatic carbocycles. The van der Waals surface area contributed by atoms with Gasteiger partial charge in [-0.2, -0.15) is 0 Å². The van der Waals surface area contributed by atoms with Gasteiger partial charge in [-0.15, -0.1) is 0 Å². The number of carbonyl (C=O) groups excluding carboxylic acids is 1. The van der Waals surface area contributed by atoms with Crippen molar-refractivity contribution in [1.82, 2.24) is 4.90 Å². The number of hydrogen-bond donors (Lipinski definition) is 1. The van der Waals surface area contributed by atoms with Gasteiger partial charge in [-0.1, -0.05) is 0 Å². The average molecular weight is 262 g/mol. The van der Waals surface area contributed by atoms with Crippen molar-refractivity contribution in [3.05, 3.63) is 29.3 Å². The number of Topliss-reactive ketones (excluding diaryl/α,β-unsaturated/α-hetero) is 1. The van der Waals surface area contributed by atoms with Gasteiger partial charge in [0.1, 0.15) is 5.75 Å². The van der Waals surface area contributed by atoms with Gasteiger partial charge in [0.25, 0.3) is 0 Å². The highest BCUT2D eigenvalue weighted by Gasteiger charge is 2.24. The van der Waals surface area contributed by atoms with Crippen LogP contribution in [-0.2, 0) is 6.54 Å². The zero-order valence-corrected chi connectivity index (χ0v) is 11.7. The summed E-state index contributed by atoms with van der Waals surface area (Å²) < 4.78 is 5.39. The summed E-state index contributed by atoms with van der Waals surface area (Å²) in [5.41, 5.74) is 7.60. The number of carbonyl (C=O) groups is 1. The fourth-order valence-corrected chi connectivity index (χ4v) is 2.71. The minimum atomic E-state index is 0.0840. The lowest BCUT2D eigenvalue weighted by Gasteiger charge is -2.24. The molecule has 0 bridgehead atoms. The lowest BCUT2D eigenvalue weighted by atomic mass is 10.1. The molecule has 0 amide bonds. The Balaban J connectivity index is 2.22. The first kappa shape index (κ1) is 14.0. The molecule has 1 fully saturated rings. The monoisotopic (exact) mass is 262 g/mol. The van der Waals surface area contributed by atoms with Crippen LogP contribution in [0.3, 0.4) is 0 Å². The summed E-state index contributed by atoms with van der Waals surface area (Å²) >= 11 is 0. The number of ether oxygens (including phenoxy) is 1. The van der Waals surface area contributed by atoms with E-state index < -0.39 is 0 Å². The molecule has 1 aromatic carbocycles. The minimum absolute atomic E-state index is 0.0840. The lowest BCUT2D eigenvalue weighted by molar-refractivity contribution is 0.101. The lowest BCUT2D eigenvalue weighted by Crippen LogP contribution is -2.34. The largest absolute Gasteiger partial charge is 0.496 e. The summed E-state index contributed by atoms with van der Waals surface area (Å²) in [6.45, 7) is 4.14. The van der Waals surface area contributed by atoms with Gasteiger partial charge in [-0.3, -0.25) is 9.69 Å². The summed E-state index contributed by atoms with van der Waals surface area (Å²) in [4.78, 5) is 13.9. The summed E-state index contributed by atoms with van der Waals surface area (Å²) in [5, 5.41) is 0. The summed E-state index contributed by atoms with van der Waals surface area (Å²) in [5.74, 6) is 0.924. The van der Waals surface area contributed by atoms with Gasteiger partial charge in [0, 0.05) is 30.3 Å². The minimum Gasteiger partial charge on any atom is -0.496 e. The number of nitrogens with two attached hydrogens (primary N) is 1. The molecule has 4 nitrogen and oxygen atoms in total. The molecule has 1 saturated heterocycles. The van der Waals surface area contributed by atoms with Crippen LogP contribution in [0.25, 0.3) is 0 Å². The molecule has 0 radical (unpaired) electrons. The molecule has 4 heteroatoms. The van der Waals surface area contributed by atoms with E-state index in [9.17, 15) is 4.79 Å². The first-order valence-corrected chi connectivity index (χ1v) is 6.77. The fraction of sp³-hybridized carbons (Fsp3) is 0.533. The van der Waals surface area contributed by atoms with Crippen LogP contribution >= 0.6 is 0 Å². The molecule has 19 heavy (non-hydrogen) atoms. The van der Waals surface area contributed by atoms with Crippen molar-refractivity contribution in [3.8, 4) is 5.75 Å². The van der Waals surface area contributed by atoms with E-state index in [1.807, 2.05) is 18.2 Å². The molecule has 1 heterocycles. The van der Waals surface area contributed by atoms with E-state index in [2.05, 4.69) is 4.90 Å². The molecule has 1 aliphatic heterocycles. The number of rotatable bonds is 5. The summed E-state index contributed by atoms with van der Waals surface area (Å²) in [6, 6.07) is 6.08. The average Bonchev–Trinajstić information content (AvgIpc) is 2.85. The fourth-order valence-electron chi connectivity index (χ4n) is 2.71. The van der Waals surface area contributed by atoms with Crippen LogP contribution in [0.5, 0.6) is 5.75 Å². The van der Waals surface area contributed by atoms with Gasteiger partial charge >= 0.3 is 0 Å². The molecule has 1 atom stereocenters. The molecular formula is C15H22N2O2. The molecule has 104 valence electrons. The Morgan fingerprint density at radius 2 is 2.32 bits per heavy atom. The number of nitrogens with zero attached hydrogens (tertiary/aromatic N) is 1. The Bertz CT molecular complexity index is 459. The third kappa shape index (κ3) is 3.14. The van der Waals surface area contributed by atoms with E-state index in [0.717, 1.165) is 36.4 Å². The van der Waals surface area contributed by atoms with Gasteiger partial charge < -0.3 is 10.5 Å². The maximum absolute atomic E-state index is 11.5. The quantitative estimate of drug-likeness (QED) is 0.822. The van der Waals surface area contributed by atoms with Crippen LogP contribution < -0.4 is 10.5 Å². The Hall–Kier alpha value is -1.39. The third-order valence-electron chi connectivity index (χ3n) is 3.83. The summed E-state index contributed by atoms with van der Waals surface area (Å²) in [7, 11) is 1.66. The SMILES string of the molecule is COc1ccc(C(C)=O)cc1CN1CCCC1CN. The molecule has 1 aromatic rings. The van der Waals surface area contributed by atoms with Crippen LogP contribution in [0.1, 0.15) is 35.7 Å². The van der Waals surface area contributed by atoms with Crippen LogP contribution in [0, 0.1) is 0 Å². The highest BCUT2D eigenvalue weighted by atomic mass is 16.5. The van der Waals surface area contributed by atoms with E-state index in [-0.39, 0.29) is 5.78 Å². The zero-order valence-electron chi connectivity index (χ0n) is 11.7. The van der Waals surface area contributed by atoms with Gasteiger partial charge in [-0.05, 0) is 44.5 Å². The Kier molecular flexibility index (Phi) is 4.56. The molecule has 1 unspecified atom stereocenters. The molecule has 2 N–H and O–H groups in total. The Morgan fingerprint density at radius 3 is 2.95 bits per heavy atom. The van der Waals surface area contributed by atoms with Crippen molar-refractivity contribution < 1.29 is 9.53 Å². The number of methoxy groups -OCH3 is 1. The van der Waals surface area contributed by atoms with Crippen LogP contribution in [0.4, 0.5) is 0 Å². The predicted molar refractivity (Wildman–Crippen MR) is 75.5 cm³/mol. The predicted octanol–water partition coefficient (Wildman–Crippen LogP) is 1.82. The normalized spacial score (nSPS) is 19.6. The highest BCUT2D eigenvalue weighted by Crippen LogP contribution is 2.25. The van der Waals surface area contributed by atoms with Gasteiger partial charge in [0.15, 0.2) is 5.78 Å². The zero-order chi connectivity index (χ0) is 13.8. The van der Waals surface area contributed by atoms with E-state index in [4.69, 9.17) is 10.5 Å². The number of ketones is 1. The Labute approximate surface area is 114 Å². The van der Waals surface area contributed by atoms with Crippen LogP contribution in [0.2, 0.25) is 0 Å².